The molecule has 1 aromatic heterocycles. The van der Waals surface area contributed by atoms with E-state index in [1.165, 1.54) is 24.3 Å². The van der Waals surface area contributed by atoms with Gasteiger partial charge in [-0.15, -0.1) is 13.2 Å². The van der Waals surface area contributed by atoms with Gasteiger partial charge in [0, 0.05) is 11.6 Å². The molecule has 0 bridgehead atoms. The minimum Gasteiger partial charge on any atom is -0.480 e. The molecule has 0 saturated carbocycles. The van der Waals surface area contributed by atoms with Crippen molar-refractivity contribution >= 4 is 35.0 Å². The Hall–Kier alpha value is -3.60. The number of nitrogens with zero attached hydrogens (tertiary/aromatic N) is 2. The van der Waals surface area contributed by atoms with Gasteiger partial charge in [0.15, 0.2) is 0 Å². The number of carboxylic acids is 1. The number of rotatable bonds is 7. The molecule has 3 aromatic rings. The van der Waals surface area contributed by atoms with Crippen LogP contribution in [-0.4, -0.2) is 34.0 Å². The maximum absolute atomic E-state index is 13.3. The zero-order valence-corrected chi connectivity index (χ0v) is 16.1. The number of hydrogen-bond donors (Lipinski definition) is 3. The van der Waals surface area contributed by atoms with Crippen molar-refractivity contribution in [3.05, 3.63) is 59.4 Å². The topological polar surface area (TPSA) is 96.4 Å². The van der Waals surface area contributed by atoms with E-state index in [1.54, 1.807) is 0 Å². The number of halogens is 5. The van der Waals surface area contributed by atoms with Gasteiger partial charge in [0.05, 0.1) is 16.4 Å². The second-order valence-electron chi connectivity index (χ2n) is 6.03. The molecule has 0 saturated heterocycles. The summed E-state index contributed by atoms with van der Waals surface area (Å²) in [5.74, 6) is -2.16. The van der Waals surface area contributed by atoms with Crippen LogP contribution < -0.4 is 15.4 Å². The SMILES string of the molecule is O=C(O)CNc1nc(Nc2ccc(F)cc2Cl)cc(-c2cccc(OC(F)(F)F)c2)n1. The van der Waals surface area contributed by atoms with Crippen LogP contribution in [0.1, 0.15) is 0 Å². The molecule has 0 aliphatic heterocycles. The molecule has 162 valence electrons. The molecule has 3 N–H and O–H groups in total. The minimum atomic E-state index is -4.87. The molecule has 0 unspecified atom stereocenters. The third-order valence-electron chi connectivity index (χ3n) is 3.68. The summed E-state index contributed by atoms with van der Waals surface area (Å²) in [5, 5.41) is 14.3. The Balaban J connectivity index is 1.99. The molecule has 0 atom stereocenters. The first-order chi connectivity index (χ1) is 14.6. The van der Waals surface area contributed by atoms with Gasteiger partial charge in [0.25, 0.3) is 0 Å². The highest BCUT2D eigenvalue weighted by molar-refractivity contribution is 6.33. The van der Waals surface area contributed by atoms with Crippen LogP contribution >= 0.6 is 11.6 Å². The molecular formula is C19H13ClF4N4O3. The van der Waals surface area contributed by atoms with E-state index in [2.05, 4.69) is 25.3 Å². The van der Waals surface area contributed by atoms with Gasteiger partial charge < -0.3 is 20.5 Å². The van der Waals surface area contributed by atoms with E-state index in [9.17, 15) is 22.4 Å². The van der Waals surface area contributed by atoms with Crippen LogP contribution in [0.15, 0.2) is 48.5 Å². The van der Waals surface area contributed by atoms with Crippen LogP contribution in [0, 0.1) is 5.82 Å². The second kappa shape index (κ2) is 9.04. The summed E-state index contributed by atoms with van der Waals surface area (Å²) in [5.41, 5.74) is 0.707. The molecule has 3 rings (SSSR count). The number of aliphatic carboxylic acids is 1. The van der Waals surface area contributed by atoms with Crippen molar-refractivity contribution in [3.63, 3.8) is 0 Å². The average Bonchev–Trinajstić information content (AvgIpc) is 2.67. The van der Waals surface area contributed by atoms with Gasteiger partial charge in [-0.05, 0) is 30.3 Å². The molecule has 31 heavy (non-hydrogen) atoms. The lowest BCUT2D eigenvalue weighted by Crippen LogP contribution is -2.17. The van der Waals surface area contributed by atoms with E-state index in [0.717, 1.165) is 24.3 Å². The standard InChI is InChI=1S/C19H13ClF4N4O3/c20-13-7-11(21)4-5-14(13)26-16-8-15(27-18(28-16)25-9-17(29)30)10-2-1-3-12(6-10)31-19(22,23)24/h1-8H,9H2,(H,29,30)(H2,25,26,27,28). The van der Waals surface area contributed by atoms with Gasteiger partial charge in [0.1, 0.15) is 23.9 Å². The lowest BCUT2D eigenvalue weighted by molar-refractivity contribution is -0.274. The maximum atomic E-state index is 13.3. The zero-order valence-electron chi connectivity index (χ0n) is 15.4. The molecule has 0 radical (unpaired) electrons. The Bertz CT molecular complexity index is 1110. The maximum Gasteiger partial charge on any atom is 0.573 e. The highest BCUT2D eigenvalue weighted by Crippen LogP contribution is 2.30. The summed E-state index contributed by atoms with van der Waals surface area (Å²) in [4.78, 5) is 19.1. The van der Waals surface area contributed by atoms with Crippen molar-refractivity contribution in [2.75, 3.05) is 17.2 Å². The Morgan fingerprint density at radius 3 is 2.58 bits per heavy atom. The summed E-state index contributed by atoms with van der Waals surface area (Å²) in [7, 11) is 0. The van der Waals surface area contributed by atoms with Gasteiger partial charge in [-0.2, -0.15) is 4.98 Å². The number of alkyl halides is 3. The van der Waals surface area contributed by atoms with Crippen LogP contribution in [-0.2, 0) is 4.79 Å². The normalized spacial score (nSPS) is 11.1. The predicted octanol–water partition coefficient (Wildman–Crippen LogP) is 5.07. The number of aromatic nitrogens is 2. The van der Waals surface area contributed by atoms with Crippen molar-refractivity contribution in [2.45, 2.75) is 6.36 Å². The summed E-state index contributed by atoms with van der Waals surface area (Å²) < 4.78 is 54.8. The van der Waals surface area contributed by atoms with Gasteiger partial charge in [0.2, 0.25) is 5.95 Å². The van der Waals surface area contributed by atoms with E-state index >= 15 is 0 Å². The minimum absolute atomic E-state index is 0.0563. The molecule has 12 heteroatoms. The molecule has 0 aliphatic carbocycles. The molecule has 7 nitrogen and oxygen atoms in total. The van der Waals surface area contributed by atoms with Crippen molar-refractivity contribution in [1.29, 1.82) is 0 Å². The number of benzene rings is 2. The van der Waals surface area contributed by atoms with E-state index < -0.39 is 30.4 Å². The van der Waals surface area contributed by atoms with Gasteiger partial charge in [-0.1, -0.05) is 23.7 Å². The summed E-state index contributed by atoms with van der Waals surface area (Å²) in [6.07, 6.45) is -4.87. The fourth-order valence-electron chi connectivity index (χ4n) is 2.47. The third kappa shape index (κ3) is 6.44. The van der Waals surface area contributed by atoms with Crippen molar-refractivity contribution in [1.82, 2.24) is 9.97 Å². The van der Waals surface area contributed by atoms with E-state index in [0.29, 0.717) is 5.69 Å². The summed E-state index contributed by atoms with van der Waals surface area (Å²) in [6, 6.07) is 10.1. The number of anilines is 3. The molecule has 0 amide bonds. The lowest BCUT2D eigenvalue weighted by Gasteiger charge is -2.13. The van der Waals surface area contributed by atoms with Crippen molar-refractivity contribution < 1.29 is 32.2 Å². The molecule has 0 aliphatic rings. The number of carboxylic acid groups (broad SMARTS) is 1. The van der Waals surface area contributed by atoms with Gasteiger partial charge in [-0.25, -0.2) is 9.37 Å². The number of nitrogens with one attached hydrogen (secondary N) is 2. The van der Waals surface area contributed by atoms with Gasteiger partial charge >= 0.3 is 12.3 Å². The highest BCUT2D eigenvalue weighted by Gasteiger charge is 2.31. The molecule has 0 spiro atoms. The Kier molecular flexibility index (Phi) is 6.44. The monoisotopic (exact) mass is 456 g/mol. The van der Waals surface area contributed by atoms with Crippen LogP contribution in [0.3, 0.4) is 0 Å². The zero-order chi connectivity index (χ0) is 22.6. The van der Waals surface area contributed by atoms with Gasteiger partial charge in [-0.3, -0.25) is 4.79 Å². The largest absolute Gasteiger partial charge is 0.573 e. The molecule has 2 aromatic carbocycles. The van der Waals surface area contributed by atoms with Crippen LogP contribution in [0.2, 0.25) is 5.02 Å². The third-order valence-corrected chi connectivity index (χ3v) is 3.99. The van der Waals surface area contributed by atoms with Crippen LogP contribution in [0.5, 0.6) is 5.75 Å². The fraction of sp³-hybridized carbons (Fsp3) is 0.105. The highest BCUT2D eigenvalue weighted by atomic mass is 35.5. The predicted molar refractivity (Wildman–Crippen MR) is 105 cm³/mol. The van der Waals surface area contributed by atoms with E-state index in [1.807, 2.05) is 0 Å². The average molecular weight is 457 g/mol. The summed E-state index contributed by atoms with van der Waals surface area (Å²) >= 11 is 6.00. The number of ether oxygens (including phenoxy) is 1. The first-order valence-electron chi connectivity index (χ1n) is 8.52. The first-order valence-corrected chi connectivity index (χ1v) is 8.90. The number of hydrogen-bond acceptors (Lipinski definition) is 6. The summed E-state index contributed by atoms with van der Waals surface area (Å²) in [6.45, 7) is -0.503. The Morgan fingerprint density at radius 2 is 1.90 bits per heavy atom. The molecular weight excluding hydrogens is 444 g/mol. The molecule has 0 fully saturated rings. The van der Waals surface area contributed by atoms with Crippen LogP contribution in [0.4, 0.5) is 35.0 Å². The quantitative estimate of drug-likeness (QED) is 0.427. The first kappa shape index (κ1) is 22.1. The molecule has 1 heterocycles. The number of carbonyl (C=O) groups is 1. The fourth-order valence-corrected chi connectivity index (χ4v) is 2.69. The van der Waals surface area contributed by atoms with Crippen LogP contribution in [0.25, 0.3) is 11.3 Å². The lowest BCUT2D eigenvalue weighted by atomic mass is 10.1. The van der Waals surface area contributed by atoms with Crippen molar-refractivity contribution in [2.24, 2.45) is 0 Å². The van der Waals surface area contributed by atoms with E-state index in [-0.39, 0.29) is 28.0 Å². The smallest absolute Gasteiger partial charge is 0.480 e. The Labute approximate surface area is 177 Å². The van der Waals surface area contributed by atoms with Crippen molar-refractivity contribution in [3.8, 4) is 17.0 Å². The van der Waals surface area contributed by atoms with E-state index in [4.69, 9.17) is 16.7 Å². The Morgan fingerprint density at radius 1 is 1.13 bits per heavy atom. The second-order valence-corrected chi connectivity index (χ2v) is 6.44.